The van der Waals surface area contributed by atoms with Crippen LogP contribution in [-0.4, -0.2) is 28.9 Å². The minimum atomic E-state index is -0.395. The number of benzene rings is 1. The van der Waals surface area contributed by atoms with Crippen molar-refractivity contribution in [2.75, 3.05) is 13.1 Å². The summed E-state index contributed by atoms with van der Waals surface area (Å²) in [5.41, 5.74) is 1.59. The Morgan fingerprint density at radius 1 is 1.32 bits per heavy atom. The van der Waals surface area contributed by atoms with E-state index in [9.17, 15) is 4.79 Å². The highest BCUT2D eigenvalue weighted by Gasteiger charge is 2.10. The van der Waals surface area contributed by atoms with Gasteiger partial charge in [0.25, 0.3) is 0 Å². The van der Waals surface area contributed by atoms with E-state index in [0.717, 1.165) is 21.2 Å². The van der Waals surface area contributed by atoms with Gasteiger partial charge in [0.2, 0.25) is 5.91 Å². The topological polar surface area (TPSA) is 90.0 Å². The SMILES string of the molecule is Cc1nc(COc2ccccc2/C=C/C(=O)N(CC#N)CC#N)cs1. The smallest absolute Gasteiger partial charge is 0.248 e. The first-order valence-electron chi connectivity index (χ1n) is 7.47. The maximum atomic E-state index is 12.1. The zero-order chi connectivity index (χ0) is 18.1. The Balaban J connectivity index is 2.07. The van der Waals surface area contributed by atoms with E-state index in [1.807, 2.05) is 48.7 Å². The summed E-state index contributed by atoms with van der Waals surface area (Å²) in [7, 11) is 0. The lowest BCUT2D eigenvalue weighted by Crippen LogP contribution is -2.30. The summed E-state index contributed by atoms with van der Waals surface area (Å²) in [6, 6.07) is 11.1. The number of ether oxygens (including phenoxy) is 1. The number of nitriles is 2. The van der Waals surface area contributed by atoms with Gasteiger partial charge in [-0.15, -0.1) is 11.3 Å². The second-order valence-electron chi connectivity index (χ2n) is 5.03. The Hall–Kier alpha value is -3.16. The number of aromatic nitrogens is 1. The number of amides is 1. The molecule has 1 aromatic heterocycles. The zero-order valence-electron chi connectivity index (χ0n) is 13.7. The Morgan fingerprint density at radius 3 is 2.68 bits per heavy atom. The summed E-state index contributed by atoms with van der Waals surface area (Å²) >= 11 is 1.56. The van der Waals surface area contributed by atoms with Gasteiger partial charge in [-0.25, -0.2) is 4.98 Å². The molecule has 0 aliphatic carbocycles. The molecule has 7 heteroatoms. The third kappa shape index (κ3) is 5.45. The number of aryl methyl sites for hydroxylation is 1. The van der Waals surface area contributed by atoms with Crippen LogP contribution in [0.15, 0.2) is 35.7 Å². The highest BCUT2D eigenvalue weighted by Crippen LogP contribution is 2.21. The monoisotopic (exact) mass is 352 g/mol. The number of carbonyl (C=O) groups excluding carboxylic acids is 1. The fraction of sp³-hybridized carbons (Fsp3) is 0.222. The fourth-order valence-electron chi connectivity index (χ4n) is 2.02. The number of hydrogen-bond donors (Lipinski definition) is 0. The normalized spacial score (nSPS) is 10.2. The molecule has 0 saturated carbocycles. The average molecular weight is 352 g/mol. The molecule has 0 aliphatic rings. The van der Waals surface area contributed by atoms with Crippen LogP contribution in [0.2, 0.25) is 0 Å². The Labute approximate surface area is 150 Å². The molecule has 1 aromatic carbocycles. The van der Waals surface area contributed by atoms with Crippen molar-refractivity contribution >= 4 is 23.3 Å². The summed E-state index contributed by atoms with van der Waals surface area (Å²) in [4.78, 5) is 17.6. The van der Waals surface area contributed by atoms with Gasteiger partial charge in [-0.1, -0.05) is 18.2 Å². The third-order valence-corrected chi connectivity index (χ3v) is 4.02. The van der Waals surface area contributed by atoms with Crippen LogP contribution in [0.1, 0.15) is 16.3 Å². The van der Waals surface area contributed by atoms with Crippen LogP contribution in [0, 0.1) is 29.6 Å². The molecular formula is C18H16N4O2S. The van der Waals surface area contributed by atoms with Crippen molar-refractivity contribution in [2.24, 2.45) is 0 Å². The highest BCUT2D eigenvalue weighted by molar-refractivity contribution is 7.09. The van der Waals surface area contributed by atoms with Crippen LogP contribution in [0.4, 0.5) is 0 Å². The van der Waals surface area contributed by atoms with Gasteiger partial charge in [-0.2, -0.15) is 10.5 Å². The van der Waals surface area contributed by atoms with Gasteiger partial charge < -0.3 is 9.64 Å². The van der Waals surface area contributed by atoms with Gasteiger partial charge in [0.15, 0.2) is 0 Å². The first-order valence-corrected chi connectivity index (χ1v) is 8.35. The van der Waals surface area contributed by atoms with Gasteiger partial charge in [0, 0.05) is 17.0 Å². The van der Waals surface area contributed by atoms with Gasteiger partial charge in [-0.05, 0) is 19.1 Å². The first kappa shape index (κ1) is 18.2. The van der Waals surface area contributed by atoms with Crippen molar-refractivity contribution < 1.29 is 9.53 Å². The molecule has 0 saturated heterocycles. The number of thiazole rings is 1. The molecule has 0 spiro atoms. The van der Waals surface area contributed by atoms with Crippen LogP contribution in [0.3, 0.4) is 0 Å². The van der Waals surface area contributed by atoms with E-state index in [1.54, 1.807) is 17.4 Å². The summed E-state index contributed by atoms with van der Waals surface area (Å²) in [5.74, 6) is 0.234. The van der Waals surface area contributed by atoms with E-state index < -0.39 is 5.91 Å². The van der Waals surface area contributed by atoms with Crippen LogP contribution >= 0.6 is 11.3 Å². The molecule has 2 aromatic rings. The van der Waals surface area contributed by atoms with E-state index >= 15 is 0 Å². The molecule has 126 valence electrons. The molecule has 25 heavy (non-hydrogen) atoms. The molecule has 1 amide bonds. The predicted octanol–water partition coefficient (Wildman–Crippen LogP) is 2.92. The standard InChI is InChI=1S/C18H16N4O2S/c1-14-21-16(13-25-14)12-24-17-5-3-2-4-15(17)6-7-18(23)22(10-8-19)11-9-20/h2-7,13H,10-12H2,1H3/b7-6+. The molecule has 0 fully saturated rings. The van der Waals surface area contributed by atoms with Crippen molar-refractivity contribution in [2.45, 2.75) is 13.5 Å². The lowest BCUT2D eigenvalue weighted by atomic mass is 10.2. The lowest BCUT2D eigenvalue weighted by molar-refractivity contribution is -0.124. The van der Waals surface area contributed by atoms with Gasteiger partial charge >= 0.3 is 0 Å². The van der Waals surface area contributed by atoms with Gasteiger partial charge in [-0.3, -0.25) is 4.79 Å². The Morgan fingerprint density at radius 2 is 2.04 bits per heavy atom. The molecule has 2 rings (SSSR count). The third-order valence-electron chi connectivity index (χ3n) is 3.20. The number of nitrogens with zero attached hydrogens (tertiary/aromatic N) is 4. The average Bonchev–Trinajstić information content (AvgIpc) is 3.03. The van der Waals surface area contributed by atoms with E-state index in [2.05, 4.69) is 4.98 Å². The second kappa shape index (κ2) is 9.21. The number of carbonyl (C=O) groups is 1. The Kier molecular flexibility index (Phi) is 6.70. The predicted molar refractivity (Wildman–Crippen MR) is 94.5 cm³/mol. The summed E-state index contributed by atoms with van der Waals surface area (Å²) < 4.78 is 5.79. The van der Waals surface area contributed by atoms with Crippen molar-refractivity contribution in [3.8, 4) is 17.9 Å². The quantitative estimate of drug-likeness (QED) is 0.564. The number of para-hydroxylation sites is 1. The van der Waals surface area contributed by atoms with E-state index in [1.165, 1.54) is 6.08 Å². The molecule has 0 radical (unpaired) electrons. The van der Waals surface area contributed by atoms with Crippen molar-refractivity contribution in [1.82, 2.24) is 9.88 Å². The summed E-state index contributed by atoms with van der Waals surface area (Å²) in [6.07, 6.45) is 2.95. The summed E-state index contributed by atoms with van der Waals surface area (Å²) in [5, 5.41) is 20.4. The molecule has 0 bridgehead atoms. The van der Waals surface area contributed by atoms with Crippen molar-refractivity contribution in [1.29, 1.82) is 10.5 Å². The zero-order valence-corrected chi connectivity index (χ0v) is 14.5. The van der Waals surface area contributed by atoms with Crippen LogP contribution < -0.4 is 4.74 Å². The van der Waals surface area contributed by atoms with Crippen LogP contribution in [0.25, 0.3) is 6.08 Å². The highest BCUT2D eigenvalue weighted by atomic mass is 32.1. The molecule has 1 heterocycles. The molecule has 0 unspecified atom stereocenters. The number of hydrogen-bond acceptors (Lipinski definition) is 6. The molecule has 0 aliphatic heterocycles. The fourth-order valence-corrected chi connectivity index (χ4v) is 2.62. The van der Waals surface area contributed by atoms with Crippen LogP contribution in [-0.2, 0) is 11.4 Å². The second-order valence-corrected chi connectivity index (χ2v) is 6.09. The molecule has 6 nitrogen and oxygen atoms in total. The maximum absolute atomic E-state index is 12.1. The maximum Gasteiger partial charge on any atom is 0.248 e. The van der Waals surface area contributed by atoms with Gasteiger partial charge in [0.1, 0.15) is 25.4 Å². The number of rotatable bonds is 7. The van der Waals surface area contributed by atoms with Crippen LogP contribution in [0.5, 0.6) is 5.75 Å². The molecule has 0 atom stereocenters. The van der Waals surface area contributed by atoms with Crippen molar-refractivity contribution in [3.05, 3.63) is 52.0 Å². The van der Waals surface area contributed by atoms with Gasteiger partial charge in [0.05, 0.1) is 22.8 Å². The minimum Gasteiger partial charge on any atom is -0.487 e. The van der Waals surface area contributed by atoms with E-state index in [0.29, 0.717) is 12.4 Å². The minimum absolute atomic E-state index is 0.127. The molecular weight excluding hydrogens is 336 g/mol. The summed E-state index contributed by atoms with van der Waals surface area (Å²) in [6.45, 7) is 2.03. The molecule has 0 N–H and O–H groups in total. The first-order chi connectivity index (χ1) is 12.1. The van der Waals surface area contributed by atoms with E-state index in [-0.39, 0.29) is 13.1 Å². The van der Waals surface area contributed by atoms with E-state index in [4.69, 9.17) is 15.3 Å². The Bertz CT molecular complexity index is 829. The largest absolute Gasteiger partial charge is 0.487 e. The van der Waals surface area contributed by atoms with Crippen molar-refractivity contribution in [3.63, 3.8) is 0 Å². The lowest BCUT2D eigenvalue weighted by Gasteiger charge is -2.13.